The Morgan fingerprint density at radius 1 is 0.781 bits per heavy atom. The molecule has 0 spiro atoms. The fourth-order valence-electron chi connectivity index (χ4n) is 3.13. The fourth-order valence-corrected chi connectivity index (χ4v) is 4.32. The van der Waals surface area contributed by atoms with Crippen LogP contribution in [0.5, 0.6) is 0 Å². The molecule has 5 nitrogen and oxygen atoms in total. The second-order valence-corrected chi connectivity index (χ2v) is 8.64. The molecule has 4 rings (SSSR count). The van der Waals surface area contributed by atoms with Gasteiger partial charge in [-0.05, 0) is 53.0 Å². The molecule has 0 aliphatic rings. The molecule has 0 aliphatic carbocycles. The molecule has 0 fully saturated rings. The van der Waals surface area contributed by atoms with Crippen molar-refractivity contribution in [2.24, 2.45) is 0 Å². The zero-order chi connectivity index (χ0) is 22.3. The number of nitrogens with one attached hydrogen (secondary N) is 3. The lowest BCUT2D eigenvalue weighted by molar-refractivity contribution is -0.117. The monoisotopic (exact) mass is 459 g/mol. The number of benzene rings is 3. The first kappa shape index (κ1) is 21.7. The maximum Gasteiger partial charge on any atom is 0.293 e. The van der Waals surface area contributed by atoms with Gasteiger partial charge >= 0.3 is 0 Å². The second-order valence-electron chi connectivity index (χ2n) is 7.15. The largest absolute Gasteiger partial charge is 0.358 e. The van der Waals surface area contributed by atoms with Crippen LogP contribution in [0.25, 0.3) is 10.1 Å². The number of amides is 1. The molecule has 3 N–H and O–H groups in total. The summed E-state index contributed by atoms with van der Waals surface area (Å²) in [6.45, 7) is 0.914. The van der Waals surface area contributed by atoms with Crippen molar-refractivity contribution in [2.45, 2.75) is 13.1 Å². The van der Waals surface area contributed by atoms with Crippen LogP contribution in [0.15, 0.2) is 84.9 Å². The molecule has 1 aromatic heterocycles. The van der Waals surface area contributed by atoms with Crippen molar-refractivity contribution in [2.75, 3.05) is 5.32 Å². The third kappa shape index (κ3) is 5.57. The normalized spacial score (nSPS) is 10.5. The first-order valence-corrected chi connectivity index (χ1v) is 11.3. The topological polar surface area (TPSA) is 70.2 Å². The molecule has 0 saturated heterocycles. The average Bonchev–Trinajstić information content (AvgIpc) is 3.26. The molecule has 0 unspecified atom stereocenters. The molecule has 0 bridgehead atoms. The van der Waals surface area contributed by atoms with E-state index in [1.807, 2.05) is 78.9 Å². The van der Waals surface area contributed by atoms with Gasteiger partial charge in [-0.2, -0.15) is 0 Å². The van der Waals surface area contributed by atoms with Crippen LogP contribution in [0.4, 0.5) is 5.69 Å². The Balaban J connectivity index is 1.26. The Morgan fingerprint density at radius 3 is 2.19 bits per heavy atom. The number of rotatable bonds is 7. The van der Waals surface area contributed by atoms with E-state index in [1.54, 1.807) is 6.07 Å². The van der Waals surface area contributed by atoms with Crippen LogP contribution < -0.4 is 16.0 Å². The summed E-state index contributed by atoms with van der Waals surface area (Å²) in [7, 11) is 0. The van der Waals surface area contributed by atoms with Gasteiger partial charge in [-0.3, -0.25) is 9.59 Å². The lowest BCUT2D eigenvalue weighted by Crippen LogP contribution is -2.30. The first-order chi connectivity index (χ1) is 15.6. The molecule has 4 aromatic rings. The zero-order valence-corrected chi connectivity index (χ0v) is 18.8. The molecule has 3 aromatic carbocycles. The maximum atomic E-state index is 12.4. The Hall–Kier alpha value is -3.55. The summed E-state index contributed by atoms with van der Waals surface area (Å²) in [6, 6.07) is 27.0. The molecule has 0 saturated carbocycles. The number of fused-ring (bicyclic) bond motifs is 1. The van der Waals surface area contributed by atoms with Crippen LogP contribution in [0.3, 0.4) is 0 Å². The number of carbonyl (C=O) groups excluding carboxylic acids is 2. The second kappa shape index (κ2) is 10.2. The minimum absolute atomic E-state index is 0.270. The van der Waals surface area contributed by atoms with Crippen LogP contribution >= 0.6 is 23.6 Å². The number of ketones is 1. The summed E-state index contributed by atoms with van der Waals surface area (Å²) in [6.07, 6.45) is 0. The summed E-state index contributed by atoms with van der Waals surface area (Å²) in [5.74, 6) is -1.12. The highest BCUT2D eigenvalue weighted by atomic mass is 32.1. The molecule has 0 aliphatic heterocycles. The highest BCUT2D eigenvalue weighted by Crippen LogP contribution is 2.25. The number of hydrogen-bond donors (Lipinski definition) is 3. The van der Waals surface area contributed by atoms with Gasteiger partial charge in [-0.1, -0.05) is 60.7 Å². The quantitative estimate of drug-likeness (QED) is 0.209. The number of Topliss-reactive ketones (excluding diaryl/α,β-unsaturated/α-hetero) is 1. The van der Waals surface area contributed by atoms with Crippen molar-refractivity contribution in [3.05, 3.63) is 101 Å². The Kier molecular flexibility index (Phi) is 6.89. The molecule has 0 atom stereocenters. The van der Waals surface area contributed by atoms with E-state index in [9.17, 15) is 9.59 Å². The smallest absolute Gasteiger partial charge is 0.293 e. The van der Waals surface area contributed by atoms with Crippen molar-refractivity contribution in [1.82, 2.24) is 10.6 Å². The Morgan fingerprint density at radius 2 is 1.44 bits per heavy atom. The van der Waals surface area contributed by atoms with Crippen molar-refractivity contribution < 1.29 is 9.59 Å². The highest BCUT2D eigenvalue weighted by Gasteiger charge is 2.18. The molecule has 0 radical (unpaired) electrons. The lowest BCUT2D eigenvalue weighted by Gasteiger charge is -2.11. The molecule has 1 amide bonds. The van der Waals surface area contributed by atoms with Crippen LogP contribution in [0.1, 0.15) is 20.8 Å². The minimum atomic E-state index is -0.606. The van der Waals surface area contributed by atoms with E-state index in [0.717, 1.165) is 26.9 Å². The van der Waals surface area contributed by atoms with E-state index in [1.165, 1.54) is 11.3 Å². The maximum absolute atomic E-state index is 12.4. The number of thiophene rings is 1. The van der Waals surface area contributed by atoms with E-state index in [4.69, 9.17) is 12.2 Å². The van der Waals surface area contributed by atoms with Crippen LogP contribution in [0.2, 0.25) is 0 Å². The van der Waals surface area contributed by atoms with E-state index >= 15 is 0 Å². The molecule has 160 valence electrons. The first-order valence-electron chi connectivity index (χ1n) is 10.1. The lowest BCUT2D eigenvalue weighted by atomic mass is 10.2. The molecule has 1 heterocycles. The fraction of sp³-hybridized carbons (Fsp3) is 0.0800. The Bertz CT molecular complexity index is 1220. The van der Waals surface area contributed by atoms with Crippen molar-refractivity contribution in [1.29, 1.82) is 0 Å². The van der Waals surface area contributed by atoms with E-state index < -0.39 is 11.7 Å². The molecular formula is C25H21N3O2S2. The van der Waals surface area contributed by atoms with Gasteiger partial charge in [0.2, 0.25) is 0 Å². The van der Waals surface area contributed by atoms with E-state index in [-0.39, 0.29) is 6.54 Å². The van der Waals surface area contributed by atoms with Gasteiger partial charge < -0.3 is 16.0 Å². The SMILES string of the molecule is O=C(NCc1ccc(NC(=S)NCc2ccccc2)cc1)C(=O)c1cc2ccccc2s1. The Labute approximate surface area is 195 Å². The summed E-state index contributed by atoms with van der Waals surface area (Å²) in [5, 5.41) is 10.5. The van der Waals surface area contributed by atoms with Crippen LogP contribution in [-0.2, 0) is 17.9 Å². The summed E-state index contributed by atoms with van der Waals surface area (Å²) < 4.78 is 0.989. The number of anilines is 1. The summed E-state index contributed by atoms with van der Waals surface area (Å²) >= 11 is 6.67. The molecule has 7 heteroatoms. The van der Waals surface area contributed by atoms with Gasteiger partial charge in [-0.25, -0.2) is 0 Å². The molecular weight excluding hydrogens is 438 g/mol. The third-order valence-electron chi connectivity index (χ3n) is 4.82. The highest BCUT2D eigenvalue weighted by molar-refractivity contribution is 7.80. The number of thiocarbonyl (C=S) groups is 1. The average molecular weight is 460 g/mol. The van der Waals surface area contributed by atoms with Crippen molar-refractivity contribution in [3.8, 4) is 0 Å². The number of hydrogen-bond acceptors (Lipinski definition) is 4. The van der Waals surface area contributed by atoms with Crippen LogP contribution in [-0.4, -0.2) is 16.8 Å². The zero-order valence-electron chi connectivity index (χ0n) is 17.1. The predicted molar refractivity (Wildman–Crippen MR) is 134 cm³/mol. The van der Waals surface area contributed by atoms with E-state index in [0.29, 0.717) is 16.5 Å². The van der Waals surface area contributed by atoms with Gasteiger partial charge in [0.1, 0.15) is 0 Å². The number of carbonyl (C=O) groups is 2. The van der Waals surface area contributed by atoms with E-state index in [2.05, 4.69) is 16.0 Å². The summed E-state index contributed by atoms with van der Waals surface area (Å²) in [4.78, 5) is 25.2. The van der Waals surface area contributed by atoms with Gasteiger partial charge in [0.15, 0.2) is 5.11 Å². The van der Waals surface area contributed by atoms with Crippen LogP contribution in [0, 0.1) is 0 Å². The van der Waals surface area contributed by atoms with Gasteiger partial charge in [0, 0.05) is 23.5 Å². The van der Waals surface area contributed by atoms with Crippen molar-refractivity contribution in [3.63, 3.8) is 0 Å². The standard InChI is InChI=1S/C25H21N3O2S2/c29-23(22-14-19-8-4-5-9-21(19)32-22)24(30)26-15-18-10-12-20(13-11-18)28-25(31)27-16-17-6-2-1-3-7-17/h1-14H,15-16H2,(H,26,30)(H2,27,28,31). The van der Waals surface area contributed by atoms with Crippen molar-refractivity contribution >= 4 is 56.1 Å². The minimum Gasteiger partial charge on any atom is -0.358 e. The molecule has 32 heavy (non-hydrogen) atoms. The summed E-state index contributed by atoms with van der Waals surface area (Å²) in [5.41, 5.74) is 2.87. The van der Waals surface area contributed by atoms with Gasteiger partial charge in [-0.15, -0.1) is 11.3 Å². The van der Waals surface area contributed by atoms with Gasteiger partial charge in [0.25, 0.3) is 11.7 Å². The van der Waals surface area contributed by atoms with Gasteiger partial charge in [0.05, 0.1) is 4.88 Å². The third-order valence-corrected chi connectivity index (χ3v) is 6.18. The predicted octanol–water partition coefficient (Wildman–Crippen LogP) is 4.89.